The summed E-state index contributed by atoms with van der Waals surface area (Å²) >= 11 is 4.87. The zero-order valence-electron chi connectivity index (χ0n) is 20.3. The number of fused-ring (bicyclic) bond motifs is 1. The summed E-state index contributed by atoms with van der Waals surface area (Å²) < 4.78 is 24.2. The third-order valence-electron chi connectivity index (χ3n) is 5.86. The highest BCUT2D eigenvalue weighted by Crippen LogP contribution is 2.43. The van der Waals surface area contributed by atoms with E-state index in [1.807, 2.05) is 6.92 Å². The number of esters is 1. The van der Waals surface area contributed by atoms with Crippen LogP contribution in [-0.4, -0.2) is 68.6 Å². The number of carbonyl (C=O) groups excluding carboxylic acids is 2. The van der Waals surface area contributed by atoms with Gasteiger partial charge >= 0.3 is 5.97 Å². The van der Waals surface area contributed by atoms with E-state index in [0.717, 1.165) is 18.9 Å². The smallest absolute Gasteiger partial charge is 0.325 e. The summed E-state index contributed by atoms with van der Waals surface area (Å²) in [5.41, 5.74) is 2.76. The van der Waals surface area contributed by atoms with Crippen molar-refractivity contribution in [3.8, 4) is 0 Å². The fraction of sp³-hybridized carbons (Fsp3) is 0.400. The Labute approximate surface area is 214 Å². The maximum atomic E-state index is 13.8. The molecule has 1 fully saturated rings. The van der Waals surface area contributed by atoms with E-state index in [-0.39, 0.29) is 19.0 Å². The number of morpholine rings is 1. The molecular formula is C25H30FN5O4S. The second kappa shape index (κ2) is 11.2. The number of amides is 1. The Morgan fingerprint density at radius 1 is 1.28 bits per heavy atom. The fourth-order valence-electron chi connectivity index (χ4n) is 4.12. The van der Waals surface area contributed by atoms with Crippen LogP contribution in [-0.2, 0) is 19.1 Å². The lowest BCUT2D eigenvalue weighted by Crippen LogP contribution is -2.44. The summed E-state index contributed by atoms with van der Waals surface area (Å²) in [6.45, 7) is 6.72. The third kappa shape index (κ3) is 6.08. The van der Waals surface area contributed by atoms with Gasteiger partial charge in [-0.3, -0.25) is 9.59 Å². The maximum Gasteiger partial charge on any atom is 0.325 e. The highest BCUT2D eigenvalue weighted by Gasteiger charge is 2.31. The van der Waals surface area contributed by atoms with E-state index in [2.05, 4.69) is 20.9 Å². The number of carbonyl (C=O) groups is 2. The molecule has 2 aliphatic heterocycles. The maximum absolute atomic E-state index is 13.8. The summed E-state index contributed by atoms with van der Waals surface area (Å²) in [4.78, 5) is 30.7. The number of amidine groups is 1. The van der Waals surface area contributed by atoms with Crippen LogP contribution < -0.4 is 16.0 Å². The molecule has 0 aliphatic carbocycles. The van der Waals surface area contributed by atoms with Crippen molar-refractivity contribution < 1.29 is 23.5 Å². The number of nitrogens with one attached hydrogen (secondary N) is 3. The van der Waals surface area contributed by atoms with Gasteiger partial charge in [0, 0.05) is 29.9 Å². The molecule has 0 spiro atoms. The Morgan fingerprint density at radius 2 is 2.06 bits per heavy atom. The van der Waals surface area contributed by atoms with Crippen molar-refractivity contribution in [2.24, 2.45) is 4.99 Å². The number of hydrogen-bond acceptors (Lipinski definition) is 9. The van der Waals surface area contributed by atoms with Crippen LogP contribution in [0.3, 0.4) is 0 Å². The fourth-order valence-corrected chi connectivity index (χ4v) is 4.42. The van der Waals surface area contributed by atoms with Crippen LogP contribution in [0.15, 0.2) is 41.4 Å². The summed E-state index contributed by atoms with van der Waals surface area (Å²) in [7, 11) is 0. The van der Waals surface area contributed by atoms with E-state index in [4.69, 9.17) is 27.1 Å². The molecule has 0 radical (unpaired) electrons. The highest BCUT2D eigenvalue weighted by molar-refractivity contribution is 7.81. The lowest BCUT2D eigenvalue weighted by atomic mass is 9.98. The number of halogens is 1. The van der Waals surface area contributed by atoms with Gasteiger partial charge in [-0.05, 0) is 44.2 Å². The molecule has 0 saturated carbocycles. The second-order valence-electron chi connectivity index (χ2n) is 8.60. The molecule has 0 aromatic heterocycles. The Kier molecular flexibility index (Phi) is 8.00. The standard InChI is InChI=1S/C25H30FN5O4S/c1-3-35-22(32)15-28-24(33)16-11-19(25(2,36)30-18-6-4-5-17(26)13-18)23-20(12-16)27-14-21(29-23)31-7-9-34-10-8-31/h4-6,11-13,27,30,36H,3,7-10,14-15H2,1-2H3,(H,28,33). The van der Waals surface area contributed by atoms with Crippen molar-refractivity contribution in [3.63, 3.8) is 0 Å². The molecule has 36 heavy (non-hydrogen) atoms. The number of aliphatic imine (C=N–C) groups is 1. The zero-order chi connectivity index (χ0) is 25.7. The number of hydrogen-bond donors (Lipinski definition) is 4. The van der Waals surface area contributed by atoms with Gasteiger partial charge < -0.3 is 30.3 Å². The third-order valence-corrected chi connectivity index (χ3v) is 6.21. The molecule has 1 unspecified atom stereocenters. The quantitative estimate of drug-likeness (QED) is 0.255. The summed E-state index contributed by atoms with van der Waals surface area (Å²) in [6.07, 6.45) is 0. The molecule has 1 saturated heterocycles. The molecular weight excluding hydrogens is 485 g/mol. The Balaban J connectivity index is 1.71. The monoisotopic (exact) mass is 515 g/mol. The number of anilines is 2. The molecule has 192 valence electrons. The number of ether oxygens (including phenoxy) is 2. The molecule has 11 heteroatoms. The van der Waals surface area contributed by atoms with Gasteiger partial charge in [-0.15, -0.1) is 12.6 Å². The average Bonchev–Trinajstić information content (AvgIpc) is 2.86. The lowest BCUT2D eigenvalue weighted by molar-refractivity contribution is -0.141. The van der Waals surface area contributed by atoms with Crippen LogP contribution in [0.25, 0.3) is 0 Å². The Morgan fingerprint density at radius 3 is 2.78 bits per heavy atom. The van der Waals surface area contributed by atoms with Gasteiger partial charge in [0.1, 0.15) is 23.1 Å². The van der Waals surface area contributed by atoms with Gasteiger partial charge in [0.05, 0.1) is 37.7 Å². The SMILES string of the molecule is CCOC(=O)CNC(=O)c1cc2c(c(C(C)(S)Nc3cccc(F)c3)c1)N=C(N1CCOCC1)CN2. The highest BCUT2D eigenvalue weighted by atomic mass is 32.1. The molecule has 2 aromatic carbocycles. The number of nitrogens with zero attached hydrogens (tertiary/aromatic N) is 2. The molecule has 2 aromatic rings. The first-order valence-electron chi connectivity index (χ1n) is 11.8. The van der Waals surface area contributed by atoms with Crippen LogP contribution in [0.2, 0.25) is 0 Å². The van der Waals surface area contributed by atoms with Gasteiger partial charge in [-0.25, -0.2) is 9.38 Å². The second-order valence-corrected chi connectivity index (χ2v) is 9.49. The van der Waals surface area contributed by atoms with Crippen molar-refractivity contribution in [1.82, 2.24) is 10.2 Å². The van der Waals surface area contributed by atoms with E-state index in [1.54, 1.807) is 31.2 Å². The summed E-state index contributed by atoms with van der Waals surface area (Å²) in [5.74, 6) is -0.477. The Bertz CT molecular complexity index is 1170. The summed E-state index contributed by atoms with van der Waals surface area (Å²) in [6, 6.07) is 9.46. The topological polar surface area (TPSA) is 104 Å². The normalized spacial score (nSPS) is 16.7. The molecule has 1 atom stereocenters. The van der Waals surface area contributed by atoms with E-state index in [0.29, 0.717) is 47.9 Å². The van der Waals surface area contributed by atoms with E-state index in [1.165, 1.54) is 12.1 Å². The zero-order valence-corrected chi connectivity index (χ0v) is 21.2. The lowest BCUT2D eigenvalue weighted by Gasteiger charge is -2.35. The predicted octanol–water partition coefficient (Wildman–Crippen LogP) is 3.12. The van der Waals surface area contributed by atoms with Gasteiger partial charge in [0.2, 0.25) is 0 Å². The van der Waals surface area contributed by atoms with Crippen LogP contribution in [0.1, 0.15) is 29.8 Å². The number of rotatable bonds is 7. The molecule has 0 bridgehead atoms. The summed E-state index contributed by atoms with van der Waals surface area (Å²) in [5, 5.41) is 9.20. The van der Waals surface area contributed by atoms with Gasteiger partial charge in [-0.1, -0.05) is 6.07 Å². The first-order valence-corrected chi connectivity index (χ1v) is 12.2. The Hall–Kier alpha value is -3.31. The van der Waals surface area contributed by atoms with Crippen molar-refractivity contribution in [1.29, 1.82) is 0 Å². The van der Waals surface area contributed by atoms with Crippen LogP contribution in [0.4, 0.5) is 21.5 Å². The molecule has 9 nitrogen and oxygen atoms in total. The van der Waals surface area contributed by atoms with Crippen LogP contribution in [0.5, 0.6) is 0 Å². The van der Waals surface area contributed by atoms with Gasteiger partial charge in [0.25, 0.3) is 5.91 Å². The largest absolute Gasteiger partial charge is 0.465 e. The predicted molar refractivity (Wildman–Crippen MR) is 140 cm³/mol. The molecule has 4 rings (SSSR count). The number of benzene rings is 2. The minimum absolute atomic E-state index is 0.231. The van der Waals surface area contributed by atoms with Crippen molar-refractivity contribution in [2.45, 2.75) is 18.7 Å². The molecule has 1 amide bonds. The van der Waals surface area contributed by atoms with Crippen LogP contribution >= 0.6 is 12.6 Å². The minimum Gasteiger partial charge on any atom is -0.465 e. The van der Waals surface area contributed by atoms with Crippen molar-refractivity contribution in [3.05, 3.63) is 53.3 Å². The van der Waals surface area contributed by atoms with E-state index < -0.39 is 16.7 Å². The van der Waals surface area contributed by atoms with Crippen molar-refractivity contribution in [2.75, 3.05) is 56.6 Å². The minimum atomic E-state index is -1.03. The molecule has 3 N–H and O–H groups in total. The first kappa shape index (κ1) is 25.8. The van der Waals surface area contributed by atoms with E-state index in [9.17, 15) is 14.0 Å². The average molecular weight is 516 g/mol. The molecule has 2 aliphatic rings. The van der Waals surface area contributed by atoms with Gasteiger partial charge in [0.15, 0.2) is 0 Å². The molecule has 2 heterocycles. The van der Waals surface area contributed by atoms with Crippen LogP contribution in [0, 0.1) is 5.82 Å². The van der Waals surface area contributed by atoms with Crippen molar-refractivity contribution >= 4 is 47.4 Å². The van der Waals surface area contributed by atoms with Gasteiger partial charge in [-0.2, -0.15) is 0 Å². The first-order chi connectivity index (χ1) is 17.3. The number of thiol groups is 1. The van der Waals surface area contributed by atoms with E-state index >= 15 is 0 Å².